The Balaban J connectivity index is 1.98. The molecule has 0 atom stereocenters. The molecule has 1 amide bonds. The van der Waals surface area contributed by atoms with Crippen LogP contribution in [0.15, 0.2) is 54.0 Å². The Hall–Kier alpha value is -3.81. The Bertz CT molecular complexity index is 1140. The molecule has 0 spiro atoms. The molecule has 1 N–H and O–H groups in total. The van der Waals surface area contributed by atoms with E-state index in [9.17, 15) is 14.7 Å². The van der Waals surface area contributed by atoms with Crippen LogP contribution in [0.5, 0.6) is 5.88 Å². The third kappa shape index (κ3) is 3.18. The monoisotopic (exact) mass is 390 g/mol. The standard InChI is InChI=1S/C21H18N4O4/c1-21(2,3)29-20(28)25-17(13-7-5-9-23-11-13)15-14(19(25)27)16(24-18(15)26)12-6-4-8-22-10-12/h4-11,27H,1-3H3. The minimum absolute atomic E-state index is 0.125. The second kappa shape index (κ2) is 6.66. The summed E-state index contributed by atoms with van der Waals surface area (Å²) in [5.41, 5.74) is 0.970. The second-order valence-corrected chi connectivity index (χ2v) is 7.49. The van der Waals surface area contributed by atoms with Crippen molar-refractivity contribution in [1.82, 2.24) is 14.5 Å². The first-order chi connectivity index (χ1) is 13.8. The molecule has 29 heavy (non-hydrogen) atoms. The van der Waals surface area contributed by atoms with Gasteiger partial charge in [0, 0.05) is 35.9 Å². The van der Waals surface area contributed by atoms with Crippen LogP contribution in [0, 0.1) is 0 Å². The number of carbonyl (C=O) groups is 2. The summed E-state index contributed by atoms with van der Waals surface area (Å²) in [5, 5.41) is 11.0. The molecule has 8 heteroatoms. The van der Waals surface area contributed by atoms with E-state index in [2.05, 4.69) is 15.0 Å². The molecule has 4 heterocycles. The van der Waals surface area contributed by atoms with Gasteiger partial charge in [0.15, 0.2) is 0 Å². The lowest BCUT2D eigenvalue weighted by Gasteiger charge is -2.21. The zero-order chi connectivity index (χ0) is 20.8. The molecule has 0 fully saturated rings. The van der Waals surface area contributed by atoms with Crippen molar-refractivity contribution in [2.75, 3.05) is 0 Å². The number of nitrogens with zero attached hydrogens (tertiary/aromatic N) is 4. The van der Waals surface area contributed by atoms with Crippen molar-refractivity contribution in [2.24, 2.45) is 4.99 Å². The van der Waals surface area contributed by atoms with E-state index in [1.165, 1.54) is 12.4 Å². The fraction of sp³-hybridized carbons (Fsp3) is 0.190. The summed E-state index contributed by atoms with van der Waals surface area (Å²) in [5.74, 6) is -0.975. The molecule has 146 valence electrons. The summed E-state index contributed by atoms with van der Waals surface area (Å²) in [7, 11) is 0. The topological polar surface area (TPSA) is 107 Å². The van der Waals surface area contributed by atoms with E-state index in [-0.39, 0.29) is 22.5 Å². The van der Waals surface area contributed by atoms with Gasteiger partial charge in [0.2, 0.25) is 5.88 Å². The van der Waals surface area contributed by atoms with E-state index in [4.69, 9.17) is 4.74 Å². The van der Waals surface area contributed by atoms with Crippen molar-refractivity contribution >= 4 is 17.7 Å². The Morgan fingerprint density at radius 3 is 2.21 bits per heavy atom. The quantitative estimate of drug-likeness (QED) is 0.718. The number of pyridine rings is 2. The van der Waals surface area contributed by atoms with E-state index < -0.39 is 23.5 Å². The van der Waals surface area contributed by atoms with Gasteiger partial charge in [-0.15, -0.1) is 0 Å². The third-order valence-electron chi connectivity index (χ3n) is 4.26. The summed E-state index contributed by atoms with van der Waals surface area (Å²) < 4.78 is 6.46. The zero-order valence-corrected chi connectivity index (χ0v) is 16.1. The molecule has 0 aromatic carbocycles. The molecular weight excluding hydrogens is 372 g/mol. The van der Waals surface area contributed by atoms with Crippen molar-refractivity contribution in [1.29, 1.82) is 0 Å². The van der Waals surface area contributed by atoms with Crippen LogP contribution in [0.1, 0.15) is 42.3 Å². The number of hydrogen-bond donors (Lipinski definition) is 1. The highest BCUT2D eigenvalue weighted by Crippen LogP contribution is 2.41. The number of aliphatic imine (C=N–C) groups is 1. The molecule has 0 bridgehead atoms. The van der Waals surface area contributed by atoms with Crippen LogP contribution in [-0.4, -0.2) is 43.0 Å². The Kier molecular flexibility index (Phi) is 4.26. The summed E-state index contributed by atoms with van der Waals surface area (Å²) in [4.78, 5) is 38.0. The number of fused-ring (bicyclic) bond motifs is 1. The Morgan fingerprint density at radius 1 is 1.03 bits per heavy atom. The summed E-state index contributed by atoms with van der Waals surface area (Å²) in [6, 6.07) is 6.79. The van der Waals surface area contributed by atoms with Gasteiger partial charge in [-0.3, -0.25) is 14.8 Å². The minimum Gasteiger partial charge on any atom is -0.494 e. The Morgan fingerprint density at radius 2 is 1.66 bits per heavy atom. The van der Waals surface area contributed by atoms with Gasteiger partial charge in [0.05, 0.1) is 22.5 Å². The average Bonchev–Trinajstić information content (AvgIpc) is 3.18. The normalized spacial score (nSPS) is 13.2. The average molecular weight is 390 g/mol. The van der Waals surface area contributed by atoms with Gasteiger partial charge < -0.3 is 9.84 Å². The van der Waals surface area contributed by atoms with Gasteiger partial charge in [-0.2, -0.15) is 0 Å². The first-order valence-corrected chi connectivity index (χ1v) is 8.93. The number of ether oxygens (including phenoxy) is 1. The number of amides is 1. The molecule has 0 saturated heterocycles. The van der Waals surface area contributed by atoms with E-state index in [1.807, 2.05) is 0 Å². The van der Waals surface area contributed by atoms with Gasteiger partial charge in [-0.1, -0.05) is 0 Å². The number of hydrogen-bond acceptors (Lipinski definition) is 6. The summed E-state index contributed by atoms with van der Waals surface area (Å²) >= 11 is 0. The lowest BCUT2D eigenvalue weighted by molar-refractivity contribution is 0.0528. The lowest BCUT2D eigenvalue weighted by Crippen LogP contribution is -2.27. The molecule has 1 aliphatic rings. The zero-order valence-electron chi connectivity index (χ0n) is 16.1. The number of carbonyl (C=O) groups excluding carboxylic acids is 2. The molecule has 0 saturated carbocycles. The smallest absolute Gasteiger partial charge is 0.421 e. The fourth-order valence-corrected chi connectivity index (χ4v) is 3.18. The maximum atomic E-state index is 12.9. The minimum atomic E-state index is -0.804. The maximum absolute atomic E-state index is 12.9. The predicted octanol–water partition coefficient (Wildman–Crippen LogP) is 3.43. The fourth-order valence-electron chi connectivity index (χ4n) is 3.18. The van der Waals surface area contributed by atoms with Crippen molar-refractivity contribution in [3.63, 3.8) is 0 Å². The molecule has 3 aromatic heterocycles. The molecule has 0 aliphatic carbocycles. The van der Waals surface area contributed by atoms with Crippen LogP contribution in [0.25, 0.3) is 11.3 Å². The highest BCUT2D eigenvalue weighted by molar-refractivity contribution is 6.31. The van der Waals surface area contributed by atoms with Gasteiger partial charge in [-0.05, 0) is 45.0 Å². The SMILES string of the molecule is CC(C)(C)OC(=O)n1c(O)c2c(c1-c1cccnc1)C(=O)N=C2c1cccnc1. The van der Waals surface area contributed by atoms with Crippen molar-refractivity contribution < 1.29 is 19.4 Å². The van der Waals surface area contributed by atoms with Gasteiger partial charge in [-0.25, -0.2) is 14.4 Å². The van der Waals surface area contributed by atoms with E-state index in [0.717, 1.165) is 4.57 Å². The third-order valence-corrected chi connectivity index (χ3v) is 4.26. The van der Waals surface area contributed by atoms with Crippen LogP contribution in [0.2, 0.25) is 0 Å². The van der Waals surface area contributed by atoms with Gasteiger partial charge in [0.25, 0.3) is 5.91 Å². The van der Waals surface area contributed by atoms with E-state index >= 15 is 0 Å². The lowest BCUT2D eigenvalue weighted by atomic mass is 10.0. The molecular formula is C21H18N4O4. The number of rotatable bonds is 2. The van der Waals surface area contributed by atoms with Crippen molar-refractivity contribution in [2.45, 2.75) is 26.4 Å². The molecule has 3 aromatic rings. The predicted molar refractivity (Wildman–Crippen MR) is 105 cm³/mol. The molecule has 0 radical (unpaired) electrons. The molecule has 4 rings (SSSR count). The maximum Gasteiger partial charge on any atom is 0.421 e. The van der Waals surface area contributed by atoms with E-state index in [1.54, 1.807) is 57.4 Å². The first kappa shape index (κ1) is 18.5. The first-order valence-electron chi connectivity index (χ1n) is 8.93. The van der Waals surface area contributed by atoms with Gasteiger partial charge in [0.1, 0.15) is 5.60 Å². The van der Waals surface area contributed by atoms with E-state index in [0.29, 0.717) is 11.1 Å². The number of aromatic hydroxyl groups is 1. The summed E-state index contributed by atoms with van der Waals surface area (Å²) in [6.07, 6.45) is 5.40. The highest BCUT2D eigenvalue weighted by Gasteiger charge is 2.39. The van der Waals surface area contributed by atoms with Crippen molar-refractivity contribution in [3.8, 4) is 17.1 Å². The molecule has 0 unspecified atom stereocenters. The summed E-state index contributed by atoms with van der Waals surface area (Å²) in [6.45, 7) is 5.16. The molecule has 8 nitrogen and oxygen atoms in total. The second-order valence-electron chi connectivity index (χ2n) is 7.49. The van der Waals surface area contributed by atoms with Crippen LogP contribution >= 0.6 is 0 Å². The number of aromatic nitrogens is 3. The highest BCUT2D eigenvalue weighted by atomic mass is 16.6. The molecule has 1 aliphatic heterocycles. The van der Waals surface area contributed by atoms with Crippen LogP contribution in [0.3, 0.4) is 0 Å². The van der Waals surface area contributed by atoms with Gasteiger partial charge >= 0.3 is 6.09 Å². The van der Waals surface area contributed by atoms with Crippen LogP contribution < -0.4 is 0 Å². The van der Waals surface area contributed by atoms with Crippen LogP contribution in [-0.2, 0) is 4.74 Å². The largest absolute Gasteiger partial charge is 0.494 e. The van der Waals surface area contributed by atoms with Crippen LogP contribution in [0.4, 0.5) is 4.79 Å². The van der Waals surface area contributed by atoms with Crippen molar-refractivity contribution in [3.05, 3.63) is 65.7 Å². The Labute approximate surface area is 166 Å².